The molecule has 1 aliphatic carbocycles. The van der Waals surface area contributed by atoms with Crippen LogP contribution in [0.5, 0.6) is 11.5 Å². The lowest BCUT2D eigenvalue weighted by Gasteiger charge is -2.43. The molecule has 4 rings (SSSR count). The number of amides is 2. The number of carbonyl (C=O) groups excluding carboxylic acids is 2. The molecule has 3 fully saturated rings. The number of likely N-dealkylation sites (tertiary alicyclic amines) is 1. The van der Waals surface area contributed by atoms with Crippen LogP contribution in [0.15, 0.2) is 18.2 Å². The summed E-state index contributed by atoms with van der Waals surface area (Å²) in [5.74, 6) is 1.84. The van der Waals surface area contributed by atoms with E-state index in [-0.39, 0.29) is 17.2 Å². The first-order valence-corrected chi connectivity index (χ1v) is 10.9. The van der Waals surface area contributed by atoms with Gasteiger partial charge in [-0.25, -0.2) is 0 Å². The molecule has 2 heterocycles. The van der Waals surface area contributed by atoms with Crippen molar-refractivity contribution in [1.82, 2.24) is 9.80 Å². The maximum atomic E-state index is 13.3. The third-order valence-corrected chi connectivity index (χ3v) is 7.12. The van der Waals surface area contributed by atoms with Crippen LogP contribution in [0.1, 0.15) is 42.5 Å². The molecule has 3 aliphatic rings. The highest BCUT2D eigenvalue weighted by atomic mass is 16.5. The van der Waals surface area contributed by atoms with Crippen LogP contribution < -0.4 is 9.47 Å². The molecule has 0 aromatic heterocycles. The van der Waals surface area contributed by atoms with Gasteiger partial charge in [-0.05, 0) is 42.7 Å². The predicted molar refractivity (Wildman–Crippen MR) is 112 cm³/mol. The van der Waals surface area contributed by atoms with Crippen molar-refractivity contribution in [2.75, 3.05) is 53.6 Å². The van der Waals surface area contributed by atoms with Gasteiger partial charge in [0.15, 0.2) is 0 Å². The standard InChI is InChI=1S/C23H32N2O5/c1-28-19-12-17(13-20(14-19)29-2)22(27)25-15-18(23(16-25)6-3-7-23)4-5-21(26)24-8-10-30-11-9-24/h12-14,18H,3-11,15-16H2,1-2H3. The van der Waals surface area contributed by atoms with E-state index in [4.69, 9.17) is 14.2 Å². The first kappa shape index (κ1) is 21.0. The van der Waals surface area contributed by atoms with Gasteiger partial charge in [-0.3, -0.25) is 9.59 Å². The third kappa shape index (κ3) is 4.13. The lowest BCUT2D eigenvalue weighted by molar-refractivity contribution is -0.135. The molecule has 2 amide bonds. The van der Waals surface area contributed by atoms with E-state index in [0.29, 0.717) is 55.7 Å². The Morgan fingerprint density at radius 2 is 1.73 bits per heavy atom. The number of morpholine rings is 1. The molecule has 1 unspecified atom stereocenters. The summed E-state index contributed by atoms with van der Waals surface area (Å²) in [6.45, 7) is 4.14. The molecule has 0 bridgehead atoms. The zero-order chi connectivity index (χ0) is 21.1. The molecule has 0 N–H and O–H groups in total. The Morgan fingerprint density at radius 3 is 2.30 bits per heavy atom. The van der Waals surface area contributed by atoms with E-state index in [0.717, 1.165) is 32.4 Å². The molecule has 7 nitrogen and oxygen atoms in total. The van der Waals surface area contributed by atoms with Crippen LogP contribution in [0, 0.1) is 11.3 Å². The van der Waals surface area contributed by atoms with Crippen LogP contribution >= 0.6 is 0 Å². The Hall–Kier alpha value is -2.28. The SMILES string of the molecule is COc1cc(OC)cc(C(=O)N2CC(CCC(=O)N3CCOCC3)C3(CCC3)C2)c1. The van der Waals surface area contributed by atoms with E-state index in [1.54, 1.807) is 32.4 Å². The van der Waals surface area contributed by atoms with Gasteiger partial charge in [0.2, 0.25) is 5.91 Å². The van der Waals surface area contributed by atoms with Crippen LogP contribution in [0.25, 0.3) is 0 Å². The predicted octanol–water partition coefficient (Wildman–Crippen LogP) is 2.59. The Labute approximate surface area is 178 Å². The second kappa shape index (κ2) is 8.84. The number of benzene rings is 1. The van der Waals surface area contributed by atoms with Gasteiger partial charge in [-0.1, -0.05) is 6.42 Å². The molecule has 1 saturated carbocycles. The Morgan fingerprint density at radius 1 is 1.07 bits per heavy atom. The molecule has 2 aliphatic heterocycles. The minimum atomic E-state index is 0.0143. The van der Waals surface area contributed by atoms with Gasteiger partial charge in [0.05, 0.1) is 27.4 Å². The van der Waals surface area contributed by atoms with Crippen LogP contribution in [0.4, 0.5) is 0 Å². The van der Waals surface area contributed by atoms with Gasteiger partial charge in [0, 0.05) is 44.2 Å². The molecule has 164 valence electrons. The molecular formula is C23H32N2O5. The van der Waals surface area contributed by atoms with E-state index in [1.165, 1.54) is 6.42 Å². The number of rotatable bonds is 6. The zero-order valence-electron chi connectivity index (χ0n) is 18.0. The van der Waals surface area contributed by atoms with E-state index >= 15 is 0 Å². The van der Waals surface area contributed by atoms with Crippen molar-refractivity contribution in [2.24, 2.45) is 11.3 Å². The maximum Gasteiger partial charge on any atom is 0.254 e. The van der Waals surface area contributed by atoms with Crippen molar-refractivity contribution in [3.05, 3.63) is 23.8 Å². The first-order valence-electron chi connectivity index (χ1n) is 10.9. The highest BCUT2D eigenvalue weighted by Crippen LogP contribution is 2.53. The monoisotopic (exact) mass is 416 g/mol. The maximum absolute atomic E-state index is 13.3. The number of nitrogens with zero attached hydrogens (tertiary/aromatic N) is 2. The molecule has 7 heteroatoms. The fourth-order valence-corrected chi connectivity index (χ4v) is 5.16. The molecule has 1 aromatic carbocycles. The lowest BCUT2D eigenvalue weighted by atomic mass is 9.62. The molecule has 0 radical (unpaired) electrons. The highest BCUT2D eigenvalue weighted by molar-refractivity contribution is 5.95. The van der Waals surface area contributed by atoms with E-state index < -0.39 is 0 Å². The summed E-state index contributed by atoms with van der Waals surface area (Å²) in [7, 11) is 3.17. The number of carbonyl (C=O) groups is 2. The number of methoxy groups -OCH3 is 2. The van der Waals surface area contributed by atoms with E-state index in [9.17, 15) is 9.59 Å². The van der Waals surface area contributed by atoms with Crippen LogP contribution in [0.3, 0.4) is 0 Å². The number of hydrogen-bond acceptors (Lipinski definition) is 5. The Balaban J connectivity index is 1.42. The Bertz CT molecular complexity index is 764. The third-order valence-electron chi connectivity index (χ3n) is 7.12. The van der Waals surface area contributed by atoms with Crippen molar-refractivity contribution in [2.45, 2.75) is 32.1 Å². The summed E-state index contributed by atoms with van der Waals surface area (Å²) in [6.07, 6.45) is 4.91. The minimum absolute atomic E-state index is 0.0143. The van der Waals surface area contributed by atoms with Gasteiger partial charge in [-0.2, -0.15) is 0 Å². The zero-order valence-corrected chi connectivity index (χ0v) is 18.0. The average Bonchev–Trinajstić information content (AvgIpc) is 3.17. The quantitative estimate of drug-likeness (QED) is 0.713. The minimum Gasteiger partial charge on any atom is -0.497 e. The second-order valence-electron chi connectivity index (χ2n) is 8.73. The molecule has 30 heavy (non-hydrogen) atoms. The fraction of sp³-hybridized carbons (Fsp3) is 0.652. The summed E-state index contributed by atoms with van der Waals surface area (Å²) in [4.78, 5) is 29.8. The van der Waals surface area contributed by atoms with Crippen molar-refractivity contribution in [1.29, 1.82) is 0 Å². The van der Waals surface area contributed by atoms with Gasteiger partial charge < -0.3 is 24.0 Å². The number of hydrogen-bond donors (Lipinski definition) is 0. The van der Waals surface area contributed by atoms with Crippen molar-refractivity contribution in [3.63, 3.8) is 0 Å². The van der Waals surface area contributed by atoms with Crippen molar-refractivity contribution in [3.8, 4) is 11.5 Å². The van der Waals surface area contributed by atoms with Gasteiger partial charge in [-0.15, -0.1) is 0 Å². The van der Waals surface area contributed by atoms with Gasteiger partial charge >= 0.3 is 0 Å². The topological polar surface area (TPSA) is 68.3 Å². The lowest BCUT2D eigenvalue weighted by Crippen LogP contribution is -2.42. The van der Waals surface area contributed by atoms with E-state index in [2.05, 4.69) is 0 Å². The van der Waals surface area contributed by atoms with Gasteiger partial charge in [0.1, 0.15) is 11.5 Å². The molecule has 1 aromatic rings. The normalized spacial score (nSPS) is 22.7. The second-order valence-corrected chi connectivity index (χ2v) is 8.73. The Kier molecular flexibility index (Phi) is 6.18. The van der Waals surface area contributed by atoms with Crippen LogP contribution in [-0.2, 0) is 9.53 Å². The first-order chi connectivity index (χ1) is 14.5. The van der Waals surface area contributed by atoms with Crippen molar-refractivity contribution < 1.29 is 23.8 Å². The molecular weight excluding hydrogens is 384 g/mol. The smallest absolute Gasteiger partial charge is 0.254 e. The summed E-state index contributed by atoms with van der Waals surface area (Å²) in [5, 5.41) is 0. The van der Waals surface area contributed by atoms with E-state index in [1.807, 2.05) is 9.80 Å². The van der Waals surface area contributed by atoms with Crippen LogP contribution in [0.2, 0.25) is 0 Å². The summed E-state index contributed by atoms with van der Waals surface area (Å²) < 4.78 is 16.0. The van der Waals surface area contributed by atoms with Crippen molar-refractivity contribution >= 4 is 11.8 Å². The molecule has 2 saturated heterocycles. The molecule has 1 spiro atoms. The average molecular weight is 417 g/mol. The summed E-state index contributed by atoms with van der Waals surface area (Å²) in [5.41, 5.74) is 0.773. The number of ether oxygens (including phenoxy) is 3. The molecule has 1 atom stereocenters. The van der Waals surface area contributed by atoms with Gasteiger partial charge in [0.25, 0.3) is 5.91 Å². The summed E-state index contributed by atoms with van der Waals surface area (Å²) >= 11 is 0. The largest absolute Gasteiger partial charge is 0.497 e. The fourth-order valence-electron chi connectivity index (χ4n) is 5.16. The highest BCUT2D eigenvalue weighted by Gasteiger charge is 2.51. The van der Waals surface area contributed by atoms with Crippen LogP contribution in [-0.4, -0.2) is 75.2 Å². The summed E-state index contributed by atoms with van der Waals surface area (Å²) in [6, 6.07) is 5.31.